The first-order chi connectivity index (χ1) is 10.5. The normalized spacial score (nSPS) is 11.0. The lowest BCUT2D eigenvalue weighted by Crippen LogP contribution is -2.20. The Bertz CT molecular complexity index is 948. The van der Waals surface area contributed by atoms with Gasteiger partial charge in [0.25, 0.3) is 5.56 Å². The molecule has 2 heterocycles. The number of thiophene rings is 1. The van der Waals surface area contributed by atoms with Gasteiger partial charge in [-0.2, -0.15) is 4.39 Å². The number of benzene rings is 1. The predicted octanol–water partition coefficient (Wildman–Crippen LogP) is 2.86. The van der Waals surface area contributed by atoms with Crippen molar-refractivity contribution < 1.29 is 9.31 Å². The highest BCUT2D eigenvalue weighted by atomic mass is 32.1. The second kappa shape index (κ2) is 5.30. The van der Waals surface area contributed by atoms with Crippen molar-refractivity contribution in [2.75, 3.05) is 0 Å². The zero-order valence-electron chi connectivity index (χ0n) is 11.4. The number of fused-ring (bicyclic) bond motifs is 1. The van der Waals surface area contributed by atoms with E-state index in [0.29, 0.717) is 15.8 Å². The molecule has 6 nitrogen and oxygen atoms in total. The number of nitro benzene ring substituents is 1. The van der Waals surface area contributed by atoms with Crippen molar-refractivity contribution >= 4 is 27.2 Å². The van der Waals surface area contributed by atoms with E-state index in [0.717, 1.165) is 17.0 Å². The Balaban J connectivity index is 2.00. The Labute approximate surface area is 127 Å². The summed E-state index contributed by atoms with van der Waals surface area (Å²) >= 11 is 1.43. The minimum absolute atomic E-state index is 0.103. The fourth-order valence-corrected chi connectivity index (χ4v) is 3.02. The topological polar surface area (TPSA) is 78.0 Å². The third-order valence-electron chi connectivity index (χ3n) is 3.20. The number of nitro groups is 1. The maximum atomic E-state index is 13.6. The van der Waals surface area contributed by atoms with Gasteiger partial charge in [0, 0.05) is 10.9 Å². The average molecular weight is 319 g/mol. The van der Waals surface area contributed by atoms with E-state index in [9.17, 15) is 19.3 Å². The van der Waals surface area contributed by atoms with Gasteiger partial charge in [0.15, 0.2) is 0 Å². The van der Waals surface area contributed by atoms with Crippen molar-refractivity contribution in [2.24, 2.45) is 0 Å². The van der Waals surface area contributed by atoms with E-state index in [1.54, 1.807) is 6.07 Å². The van der Waals surface area contributed by atoms with Gasteiger partial charge in [-0.15, -0.1) is 11.3 Å². The van der Waals surface area contributed by atoms with E-state index in [-0.39, 0.29) is 12.1 Å². The highest BCUT2D eigenvalue weighted by molar-refractivity contribution is 7.18. The first-order valence-electron chi connectivity index (χ1n) is 6.34. The molecule has 8 heteroatoms. The van der Waals surface area contributed by atoms with Gasteiger partial charge in [0.05, 0.1) is 23.2 Å². The molecule has 0 unspecified atom stereocenters. The standard InChI is InChI=1S/C14H10FN3O3S/c1-8-4-10-13(22-8)16-7-17(14(10)19)6-9-2-3-12(18(20)21)11(15)5-9/h2-5,7H,6H2,1H3. The number of hydrogen-bond donors (Lipinski definition) is 0. The SMILES string of the molecule is Cc1cc2c(=O)n(Cc3ccc([N+](=O)[O-])c(F)c3)cnc2s1. The third kappa shape index (κ3) is 2.48. The molecule has 0 N–H and O–H groups in total. The van der Waals surface area contributed by atoms with Crippen LogP contribution >= 0.6 is 11.3 Å². The Morgan fingerprint density at radius 2 is 2.18 bits per heavy atom. The zero-order valence-corrected chi connectivity index (χ0v) is 12.3. The van der Waals surface area contributed by atoms with Gasteiger partial charge in [0.2, 0.25) is 5.82 Å². The molecule has 2 aromatic heterocycles. The first-order valence-corrected chi connectivity index (χ1v) is 7.16. The van der Waals surface area contributed by atoms with Gasteiger partial charge in [-0.3, -0.25) is 19.5 Å². The molecular formula is C14H10FN3O3S. The fourth-order valence-electron chi connectivity index (χ4n) is 2.19. The third-order valence-corrected chi connectivity index (χ3v) is 4.16. The summed E-state index contributed by atoms with van der Waals surface area (Å²) in [4.78, 5) is 28.0. The van der Waals surface area contributed by atoms with Crippen LogP contribution in [0.15, 0.2) is 35.4 Å². The Morgan fingerprint density at radius 3 is 2.86 bits per heavy atom. The van der Waals surface area contributed by atoms with Gasteiger partial charge in [-0.1, -0.05) is 6.07 Å². The average Bonchev–Trinajstić information content (AvgIpc) is 2.83. The summed E-state index contributed by atoms with van der Waals surface area (Å²) in [5.74, 6) is -0.920. The molecule has 22 heavy (non-hydrogen) atoms. The molecule has 3 rings (SSSR count). The van der Waals surface area contributed by atoms with Crippen LogP contribution in [0.2, 0.25) is 0 Å². The van der Waals surface area contributed by atoms with E-state index >= 15 is 0 Å². The van der Waals surface area contributed by atoms with Crippen molar-refractivity contribution in [2.45, 2.75) is 13.5 Å². The van der Waals surface area contributed by atoms with Crippen molar-refractivity contribution in [3.63, 3.8) is 0 Å². The van der Waals surface area contributed by atoms with Gasteiger partial charge in [0.1, 0.15) is 4.83 Å². The van der Waals surface area contributed by atoms with Crippen LogP contribution in [0.25, 0.3) is 10.2 Å². The van der Waals surface area contributed by atoms with E-state index in [4.69, 9.17) is 0 Å². The Hall–Kier alpha value is -2.61. The molecule has 0 fully saturated rings. The fraction of sp³-hybridized carbons (Fsp3) is 0.143. The predicted molar refractivity (Wildman–Crippen MR) is 80.8 cm³/mol. The highest BCUT2D eigenvalue weighted by Crippen LogP contribution is 2.20. The molecule has 0 amide bonds. The van der Waals surface area contributed by atoms with Crippen LogP contribution in [-0.4, -0.2) is 14.5 Å². The number of halogens is 1. The van der Waals surface area contributed by atoms with Gasteiger partial charge in [-0.05, 0) is 24.6 Å². The van der Waals surface area contributed by atoms with Crippen molar-refractivity contribution in [3.8, 4) is 0 Å². The number of hydrogen-bond acceptors (Lipinski definition) is 5. The smallest absolute Gasteiger partial charge is 0.294 e. The van der Waals surface area contributed by atoms with Gasteiger partial charge >= 0.3 is 5.69 Å². The quantitative estimate of drug-likeness (QED) is 0.549. The molecule has 0 aliphatic heterocycles. The number of rotatable bonds is 3. The monoisotopic (exact) mass is 319 g/mol. The maximum absolute atomic E-state index is 13.6. The molecule has 0 bridgehead atoms. The molecule has 0 aliphatic rings. The summed E-state index contributed by atoms with van der Waals surface area (Å²) in [7, 11) is 0. The second-order valence-corrected chi connectivity index (χ2v) is 6.03. The summed E-state index contributed by atoms with van der Waals surface area (Å²) in [5.41, 5.74) is -0.343. The number of aryl methyl sites for hydroxylation is 1. The molecule has 0 saturated heterocycles. The number of aromatic nitrogens is 2. The molecule has 1 aromatic carbocycles. The van der Waals surface area contributed by atoms with E-state index in [1.165, 1.54) is 28.3 Å². The molecule has 0 saturated carbocycles. The minimum atomic E-state index is -0.920. The maximum Gasteiger partial charge on any atom is 0.304 e. The minimum Gasteiger partial charge on any atom is -0.294 e. The first kappa shape index (κ1) is 14.3. The summed E-state index contributed by atoms with van der Waals surface area (Å²) in [6.45, 7) is 1.99. The largest absolute Gasteiger partial charge is 0.304 e. The highest BCUT2D eigenvalue weighted by Gasteiger charge is 2.14. The van der Waals surface area contributed by atoms with Crippen molar-refractivity contribution in [3.05, 3.63) is 67.3 Å². The van der Waals surface area contributed by atoms with Gasteiger partial charge < -0.3 is 0 Å². The summed E-state index contributed by atoms with van der Waals surface area (Å²) in [6.07, 6.45) is 1.40. The molecule has 112 valence electrons. The van der Waals surface area contributed by atoms with E-state index in [1.807, 2.05) is 6.92 Å². The van der Waals surface area contributed by atoms with Crippen LogP contribution in [-0.2, 0) is 6.54 Å². The lowest BCUT2D eigenvalue weighted by atomic mass is 10.2. The van der Waals surface area contributed by atoms with Crippen LogP contribution < -0.4 is 5.56 Å². The van der Waals surface area contributed by atoms with E-state index in [2.05, 4.69) is 4.98 Å². The van der Waals surface area contributed by atoms with E-state index < -0.39 is 16.4 Å². The lowest BCUT2D eigenvalue weighted by Gasteiger charge is -2.05. The van der Waals surface area contributed by atoms with Crippen LogP contribution in [0, 0.1) is 22.9 Å². The summed E-state index contributed by atoms with van der Waals surface area (Å²) in [6, 6.07) is 5.35. The zero-order chi connectivity index (χ0) is 15.9. The van der Waals surface area contributed by atoms with Crippen molar-refractivity contribution in [1.82, 2.24) is 9.55 Å². The van der Waals surface area contributed by atoms with Gasteiger partial charge in [-0.25, -0.2) is 4.98 Å². The molecular weight excluding hydrogens is 309 g/mol. The summed E-state index contributed by atoms with van der Waals surface area (Å²) in [5, 5.41) is 11.1. The van der Waals surface area contributed by atoms with Crippen LogP contribution in [0.4, 0.5) is 10.1 Å². The summed E-state index contributed by atoms with van der Waals surface area (Å²) < 4.78 is 15.0. The molecule has 0 radical (unpaired) electrons. The number of nitrogens with zero attached hydrogens (tertiary/aromatic N) is 3. The van der Waals surface area contributed by atoms with Crippen LogP contribution in [0.1, 0.15) is 10.4 Å². The second-order valence-electron chi connectivity index (χ2n) is 4.80. The van der Waals surface area contributed by atoms with Crippen molar-refractivity contribution in [1.29, 1.82) is 0 Å². The Morgan fingerprint density at radius 1 is 1.41 bits per heavy atom. The molecule has 3 aromatic rings. The molecule has 0 spiro atoms. The molecule has 0 atom stereocenters. The Kier molecular flexibility index (Phi) is 3.45. The van der Waals surface area contributed by atoms with Crippen LogP contribution in [0.5, 0.6) is 0 Å². The lowest BCUT2D eigenvalue weighted by molar-refractivity contribution is -0.387. The molecule has 0 aliphatic carbocycles. The van der Waals surface area contributed by atoms with Crippen LogP contribution in [0.3, 0.4) is 0 Å².